The predicted molar refractivity (Wildman–Crippen MR) is 97.4 cm³/mol. The molecule has 0 spiro atoms. The average Bonchev–Trinajstić information content (AvgIpc) is 2.90. The largest absolute Gasteiger partial charge is 0.491 e. The van der Waals surface area contributed by atoms with Crippen LogP contribution in [0.4, 0.5) is 0 Å². The Hall–Kier alpha value is -1.28. The molecule has 0 aliphatic rings. The van der Waals surface area contributed by atoms with Crippen molar-refractivity contribution in [2.75, 3.05) is 0 Å². The molecule has 1 aromatic carbocycles. The topological polar surface area (TPSA) is 9.23 Å². The molecule has 2 heteroatoms. The fourth-order valence-electron chi connectivity index (χ4n) is 3.16. The van der Waals surface area contributed by atoms with E-state index in [0.29, 0.717) is 0 Å². The van der Waals surface area contributed by atoms with Gasteiger partial charge in [0.05, 0.1) is 6.10 Å². The highest BCUT2D eigenvalue weighted by atomic mass is 32.1. The van der Waals surface area contributed by atoms with Gasteiger partial charge in [0.25, 0.3) is 0 Å². The lowest BCUT2D eigenvalue weighted by molar-refractivity contribution is 0.240. The Morgan fingerprint density at radius 1 is 1.09 bits per heavy atom. The number of rotatable bonds is 6. The van der Waals surface area contributed by atoms with Gasteiger partial charge in [0.2, 0.25) is 0 Å². The summed E-state index contributed by atoms with van der Waals surface area (Å²) in [6.45, 7) is 13.1. The van der Waals surface area contributed by atoms with E-state index < -0.39 is 0 Å². The van der Waals surface area contributed by atoms with Crippen molar-refractivity contribution in [3.8, 4) is 5.75 Å². The zero-order valence-corrected chi connectivity index (χ0v) is 15.5. The van der Waals surface area contributed by atoms with Crippen molar-refractivity contribution in [1.29, 1.82) is 0 Å². The Morgan fingerprint density at radius 2 is 1.77 bits per heavy atom. The minimum atomic E-state index is 0.125. The van der Waals surface area contributed by atoms with E-state index in [0.717, 1.165) is 18.6 Å². The highest BCUT2D eigenvalue weighted by Gasteiger charge is 2.32. The van der Waals surface area contributed by atoms with E-state index >= 15 is 0 Å². The maximum atomic E-state index is 5.89. The van der Waals surface area contributed by atoms with Crippen molar-refractivity contribution in [1.82, 2.24) is 0 Å². The molecule has 0 amide bonds. The van der Waals surface area contributed by atoms with Crippen molar-refractivity contribution in [3.05, 3.63) is 51.2 Å². The molecule has 1 nitrogen and oxygen atoms in total. The minimum Gasteiger partial charge on any atom is -0.491 e. The molecule has 0 N–H and O–H groups in total. The lowest BCUT2D eigenvalue weighted by atomic mass is 9.74. The van der Waals surface area contributed by atoms with Crippen molar-refractivity contribution in [2.45, 2.75) is 65.9 Å². The van der Waals surface area contributed by atoms with Crippen molar-refractivity contribution in [2.24, 2.45) is 0 Å². The van der Waals surface area contributed by atoms with Crippen molar-refractivity contribution >= 4 is 11.3 Å². The third-order valence-corrected chi connectivity index (χ3v) is 5.75. The van der Waals surface area contributed by atoms with Gasteiger partial charge < -0.3 is 4.74 Å². The SMILES string of the molecule is CCC(CC)(c1ccc(OC(C)C)c(C)c1)c1cc(C)cs1. The molecule has 0 saturated carbocycles. The zero-order valence-electron chi connectivity index (χ0n) is 14.7. The predicted octanol–water partition coefficient (Wildman–Crippen LogP) is 6.26. The van der Waals surface area contributed by atoms with Gasteiger partial charge in [-0.3, -0.25) is 0 Å². The molecule has 1 aromatic heterocycles. The van der Waals surface area contributed by atoms with Crippen LogP contribution >= 0.6 is 11.3 Å². The van der Waals surface area contributed by atoms with Crippen LogP contribution in [0.5, 0.6) is 5.75 Å². The van der Waals surface area contributed by atoms with Crippen LogP contribution in [0, 0.1) is 13.8 Å². The van der Waals surface area contributed by atoms with Crippen LogP contribution in [0.25, 0.3) is 0 Å². The molecule has 0 atom stereocenters. The molecular weight excluding hydrogens is 288 g/mol. The van der Waals surface area contributed by atoms with Gasteiger partial charge in [0.1, 0.15) is 5.75 Å². The molecule has 0 bridgehead atoms. The first-order valence-electron chi connectivity index (χ1n) is 8.26. The van der Waals surface area contributed by atoms with Crippen LogP contribution in [0.2, 0.25) is 0 Å². The fraction of sp³-hybridized carbons (Fsp3) is 0.500. The van der Waals surface area contributed by atoms with Gasteiger partial charge in [-0.15, -0.1) is 11.3 Å². The van der Waals surface area contributed by atoms with Crippen LogP contribution in [-0.2, 0) is 5.41 Å². The molecule has 22 heavy (non-hydrogen) atoms. The molecule has 0 fully saturated rings. The maximum Gasteiger partial charge on any atom is 0.122 e. The highest BCUT2D eigenvalue weighted by Crippen LogP contribution is 2.42. The van der Waals surface area contributed by atoms with E-state index in [1.54, 1.807) is 0 Å². The summed E-state index contributed by atoms with van der Waals surface area (Å²) in [7, 11) is 0. The molecule has 120 valence electrons. The number of aryl methyl sites for hydroxylation is 2. The van der Waals surface area contributed by atoms with E-state index in [9.17, 15) is 0 Å². The number of ether oxygens (including phenoxy) is 1. The molecule has 0 unspecified atom stereocenters. The monoisotopic (exact) mass is 316 g/mol. The molecule has 0 aliphatic heterocycles. The second kappa shape index (κ2) is 6.87. The summed E-state index contributed by atoms with van der Waals surface area (Å²) in [5.74, 6) is 1.00. The average molecular weight is 317 g/mol. The van der Waals surface area contributed by atoms with Crippen LogP contribution in [-0.4, -0.2) is 6.10 Å². The molecule has 2 aromatic rings. The summed E-state index contributed by atoms with van der Waals surface area (Å²) in [6, 6.07) is 9.07. The Kier molecular flexibility index (Phi) is 5.33. The number of thiophene rings is 1. The lowest BCUT2D eigenvalue weighted by Gasteiger charge is -2.32. The van der Waals surface area contributed by atoms with Gasteiger partial charge >= 0.3 is 0 Å². The Morgan fingerprint density at radius 3 is 2.23 bits per heavy atom. The summed E-state index contributed by atoms with van der Waals surface area (Å²) in [5.41, 5.74) is 4.13. The van der Waals surface area contributed by atoms with E-state index in [2.05, 4.69) is 71.2 Å². The second-order valence-corrected chi connectivity index (χ2v) is 7.34. The van der Waals surface area contributed by atoms with E-state index in [1.807, 2.05) is 11.3 Å². The summed E-state index contributed by atoms with van der Waals surface area (Å²) < 4.78 is 5.89. The third kappa shape index (κ3) is 3.22. The van der Waals surface area contributed by atoms with E-state index in [4.69, 9.17) is 4.74 Å². The van der Waals surface area contributed by atoms with Gasteiger partial charge in [-0.1, -0.05) is 26.0 Å². The lowest BCUT2D eigenvalue weighted by Crippen LogP contribution is -2.25. The first kappa shape index (κ1) is 17.1. The fourth-order valence-corrected chi connectivity index (χ4v) is 4.43. The Bertz CT molecular complexity index is 620. The quantitative estimate of drug-likeness (QED) is 0.611. The summed E-state index contributed by atoms with van der Waals surface area (Å²) in [4.78, 5) is 1.48. The second-order valence-electron chi connectivity index (χ2n) is 6.42. The van der Waals surface area contributed by atoms with Crippen LogP contribution in [0.1, 0.15) is 62.1 Å². The third-order valence-electron chi connectivity index (χ3n) is 4.50. The molecule has 1 heterocycles. The van der Waals surface area contributed by atoms with E-state index in [-0.39, 0.29) is 11.5 Å². The van der Waals surface area contributed by atoms with Crippen LogP contribution in [0.15, 0.2) is 29.6 Å². The number of hydrogen-bond acceptors (Lipinski definition) is 2. The smallest absolute Gasteiger partial charge is 0.122 e. The molecule has 0 saturated heterocycles. The maximum absolute atomic E-state index is 5.89. The summed E-state index contributed by atoms with van der Waals surface area (Å²) in [5, 5.41) is 2.26. The molecular formula is C20H28OS. The summed E-state index contributed by atoms with van der Waals surface area (Å²) >= 11 is 1.89. The summed E-state index contributed by atoms with van der Waals surface area (Å²) in [6.07, 6.45) is 2.45. The molecule has 0 aliphatic carbocycles. The van der Waals surface area contributed by atoms with Crippen LogP contribution < -0.4 is 4.74 Å². The van der Waals surface area contributed by atoms with Gasteiger partial charge in [-0.25, -0.2) is 0 Å². The van der Waals surface area contributed by atoms with Gasteiger partial charge in [-0.2, -0.15) is 0 Å². The van der Waals surface area contributed by atoms with Crippen LogP contribution in [0.3, 0.4) is 0 Å². The Balaban J connectivity index is 2.47. The van der Waals surface area contributed by atoms with Gasteiger partial charge in [0.15, 0.2) is 0 Å². The van der Waals surface area contributed by atoms with E-state index in [1.165, 1.54) is 21.6 Å². The standard InChI is InChI=1S/C20H28OS/c1-7-20(8-2,19-11-15(5)13-22-19)17-9-10-18(16(6)12-17)21-14(3)4/h9-14H,7-8H2,1-6H3. The van der Waals surface area contributed by atoms with Gasteiger partial charge in [0, 0.05) is 10.3 Å². The first-order chi connectivity index (χ1) is 10.4. The number of benzene rings is 1. The minimum absolute atomic E-state index is 0.125. The zero-order chi connectivity index (χ0) is 16.3. The van der Waals surface area contributed by atoms with Crippen molar-refractivity contribution in [3.63, 3.8) is 0 Å². The molecule has 2 rings (SSSR count). The highest BCUT2D eigenvalue weighted by molar-refractivity contribution is 7.10. The van der Waals surface area contributed by atoms with Gasteiger partial charge in [-0.05, 0) is 74.7 Å². The molecule has 0 radical (unpaired) electrons. The normalized spacial score (nSPS) is 12.0. The number of hydrogen-bond donors (Lipinski definition) is 0. The van der Waals surface area contributed by atoms with Crippen molar-refractivity contribution < 1.29 is 4.74 Å². The first-order valence-corrected chi connectivity index (χ1v) is 9.14. The Labute approximate surface area is 139 Å².